The molecule has 0 aliphatic rings. The second-order valence-corrected chi connectivity index (χ2v) is 5.72. The molecule has 5 rings (SSSR count). The Bertz CT molecular complexity index is 1180. The van der Waals surface area contributed by atoms with E-state index in [4.69, 9.17) is 4.42 Å². The van der Waals surface area contributed by atoms with Crippen LogP contribution >= 0.6 is 0 Å². The summed E-state index contributed by atoms with van der Waals surface area (Å²) in [6, 6.07) is 18.4. The first-order chi connectivity index (χ1) is 11.3. The average Bonchev–Trinajstić information content (AvgIpc) is 3.18. The Morgan fingerprint density at radius 2 is 1.83 bits per heavy atom. The molecular weight excluding hydrogens is 286 g/mol. The Morgan fingerprint density at radius 1 is 0.957 bits per heavy atom. The summed E-state index contributed by atoms with van der Waals surface area (Å²) in [6.07, 6.45) is 1.90. The fourth-order valence-corrected chi connectivity index (χ4v) is 2.99. The number of nitrogens with zero attached hydrogens (tertiary/aromatic N) is 3. The van der Waals surface area contributed by atoms with Gasteiger partial charge >= 0.3 is 0 Å². The van der Waals surface area contributed by atoms with Crippen molar-refractivity contribution in [3.8, 4) is 11.5 Å². The van der Waals surface area contributed by atoms with Gasteiger partial charge in [0.25, 0.3) is 0 Å². The fraction of sp³-hybridized carbons (Fsp3) is 0.0526. The van der Waals surface area contributed by atoms with E-state index in [1.165, 1.54) is 5.39 Å². The zero-order valence-electron chi connectivity index (χ0n) is 12.5. The van der Waals surface area contributed by atoms with Crippen LogP contribution in [0.3, 0.4) is 0 Å². The number of benzene rings is 2. The lowest BCUT2D eigenvalue weighted by Gasteiger charge is -1.96. The Morgan fingerprint density at radius 3 is 2.78 bits per heavy atom. The molecule has 0 unspecified atom stereocenters. The van der Waals surface area contributed by atoms with Crippen LogP contribution in [0.4, 0.5) is 0 Å². The summed E-state index contributed by atoms with van der Waals surface area (Å²) in [5, 5.41) is 7.82. The van der Waals surface area contributed by atoms with Gasteiger partial charge in [-0.3, -0.25) is 0 Å². The van der Waals surface area contributed by atoms with Gasteiger partial charge < -0.3 is 4.42 Å². The summed E-state index contributed by atoms with van der Waals surface area (Å²) < 4.78 is 7.91. The maximum absolute atomic E-state index is 6.12. The molecule has 0 radical (unpaired) electrons. The van der Waals surface area contributed by atoms with Crippen LogP contribution in [-0.2, 0) is 0 Å². The van der Waals surface area contributed by atoms with Crippen LogP contribution in [0.1, 0.15) is 5.69 Å². The van der Waals surface area contributed by atoms with Gasteiger partial charge in [-0.15, -0.1) is 0 Å². The first-order valence-corrected chi connectivity index (χ1v) is 7.53. The van der Waals surface area contributed by atoms with Crippen LogP contribution in [0.5, 0.6) is 0 Å². The van der Waals surface area contributed by atoms with Crippen LogP contribution in [0.25, 0.3) is 38.8 Å². The number of rotatable bonds is 1. The van der Waals surface area contributed by atoms with Crippen molar-refractivity contribution in [2.75, 3.05) is 0 Å². The largest absolute Gasteiger partial charge is 0.454 e. The molecule has 3 heterocycles. The van der Waals surface area contributed by atoms with E-state index in [0.717, 1.165) is 39.2 Å². The van der Waals surface area contributed by atoms with Gasteiger partial charge in [-0.1, -0.05) is 36.4 Å². The van der Waals surface area contributed by atoms with E-state index in [9.17, 15) is 0 Å². The van der Waals surface area contributed by atoms with Crippen LogP contribution in [-0.4, -0.2) is 14.6 Å². The van der Waals surface area contributed by atoms with E-state index in [2.05, 4.69) is 34.3 Å². The topological polar surface area (TPSA) is 43.3 Å². The quantitative estimate of drug-likeness (QED) is 0.454. The fourth-order valence-electron chi connectivity index (χ4n) is 2.99. The molecule has 0 saturated heterocycles. The van der Waals surface area contributed by atoms with Crippen molar-refractivity contribution in [3.63, 3.8) is 0 Å². The molecule has 23 heavy (non-hydrogen) atoms. The summed E-state index contributed by atoms with van der Waals surface area (Å²) in [6.45, 7) is 1.96. The highest BCUT2D eigenvalue weighted by Gasteiger charge is 2.12. The van der Waals surface area contributed by atoms with E-state index < -0.39 is 0 Å². The molecule has 3 aromatic heterocycles. The normalized spacial score (nSPS) is 11.7. The third kappa shape index (κ3) is 1.85. The monoisotopic (exact) mass is 299 g/mol. The molecule has 4 heteroatoms. The summed E-state index contributed by atoms with van der Waals surface area (Å²) >= 11 is 0. The first kappa shape index (κ1) is 12.4. The van der Waals surface area contributed by atoms with Crippen LogP contribution in [0, 0.1) is 6.92 Å². The van der Waals surface area contributed by atoms with Gasteiger partial charge in [0, 0.05) is 10.8 Å². The lowest BCUT2D eigenvalue weighted by molar-refractivity contribution is 0.632. The van der Waals surface area contributed by atoms with Gasteiger partial charge in [-0.2, -0.15) is 5.10 Å². The molecule has 0 spiro atoms. The number of aryl methyl sites for hydroxylation is 1. The van der Waals surface area contributed by atoms with Gasteiger partial charge in [0.15, 0.2) is 11.4 Å². The third-order valence-corrected chi connectivity index (χ3v) is 4.11. The maximum atomic E-state index is 6.12. The molecule has 0 saturated carbocycles. The number of aromatic nitrogens is 3. The van der Waals surface area contributed by atoms with Crippen LogP contribution in [0.15, 0.2) is 65.2 Å². The van der Waals surface area contributed by atoms with Crippen LogP contribution < -0.4 is 0 Å². The van der Waals surface area contributed by atoms with Crippen molar-refractivity contribution in [2.24, 2.45) is 0 Å². The lowest BCUT2D eigenvalue weighted by Crippen LogP contribution is -1.91. The minimum atomic E-state index is 0.763. The van der Waals surface area contributed by atoms with Gasteiger partial charge in [-0.25, -0.2) is 9.50 Å². The summed E-state index contributed by atoms with van der Waals surface area (Å²) in [5.74, 6) is 0.763. The van der Waals surface area contributed by atoms with E-state index in [-0.39, 0.29) is 0 Å². The van der Waals surface area contributed by atoms with Gasteiger partial charge in [0.1, 0.15) is 11.3 Å². The first-order valence-electron chi connectivity index (χ1n) is 7.53. The number of fused-ring (bicyclic) bond motifs is 4. The van der Waals surface area contributed by atoms with Crippen molar-refractivity contribution < 1.29 is 4.42 Å². The van der Waals surface area contributed by atoms with E-state index in [1.54, 1.807) is 4.52 Å². The van der Waals surface area contributed by atoms with Gasteiger partial charge in [0.2, 0.25) is 0 Å². The van der Waals surface area contributed by atoms with Gasteiger partial charge in [-0.05, 0) is 30.5 Å². The van der Waals surface area contributed by atoms with E-state index in [1.807, 2.05) is 43.5 Å². The predicted molar refractivity (Wildman–Crippen MR) is 90.4 cm³/mol. The highest BCUT2D eigenvalue weighted by atomic mass is 16.3. The van der Waals surface area contributed by atoms with Gasteiger partial charge in [0.05, 0.1) is 11.9 Å². The molecule has 0 atom stereocenters. The third-order valence-electron chi connectivity index (χ3n) is 4.11. The highest BCUT2D eigenvalue weighted by Crippen LogP contribution is 2.32. The van der Waals surface area contributed by atoms with Crippen molar-refractivity contribution in [2.45, 2.75) is 6.92 Å². The Labute approximate surface area is 132 Å². The molecule has 5 aromatic rings. The second-order valence-electron chi connectivity index (χ2n) is 5.72. The molecule has 4 nitrogen and oxygen atoms in total. The van der Waals surface area contributed by atoms with Crippen molar-refractivity contribution in [1.29, 1.82) is 0 Å². The maximum Gasteiger partial charge on any atom is 0.155 e. The molecule has 0 aliphatic carbocycles. The van der Waals surface area contributed by atoms with E-state index >= 15 is 0 Å². The molecule has 2 aromatic carbocycles. The summed E-state index contributed by atoms with van der Waals surface area (Å²) in [7, 11) is 0. The number of furan rings is 1. The Balaban J connectivity index is 1.76. The minimum absolute atomic E-state index is 0.763. The van der Waals surface area contributed by atoms with E-state index in [0.29, 0.717) is 0 Å². The zero-order chi connectivity index (χ0) is 15.4. The number of imidazole rings is 1. The molecule has 0 aliphatic heterocycles. The smallest absolute Gasteiger partial charge is 0.155 e. The molecular formula is C19H13N3O. The highest BCUT2D eigenvalue weighted by molar-refractivity contribution is 6.05. The number of hydrogen-bond donors (Lipinski definition) is 0. The van der Waals surface area contributed by atoms with Crippen molar-refractivity contribution in [3.05, 3.63) is 66.5 Å². The second kappa shape index (κ2) is 4.43. The summed E-state index contributed by atoms with van der Waals surface area (Å²) in [5.41, 5.74) is 3.47. The zero-order valence-corrected chi connectivity index (χ0v) is 12.5. The lowest BCUT2D eigenvalue weighted by atomic mass is 10.1. The molecule has 0 N–H and O–H groups in total. The predicted octanol–water partition coefficient (Wildman–Crippen LogP) is 4.60. The minimum Gasteiger partial charge on any atom is -0.454 e. The number of hydrogen-bond acceptors (Lipinski definition) is 3. The molecule has 0 bridgehead atoms. The standard InChI is InChI=1S/C19H13N3O/c1-12-6-9-18-20-16(11-22(18)21-12)17-10-14-8-7-13-4-2-3-5-15(13)19(14)23-17/h2-11H,1H3. The van der Waals surface area contributed by atoms with Crippen LogP contribution in [0.2, 0.25) is 0 Å². The SMILES string of the molecule is Cc1ccc2nc(-c3cc4ccc5ccccc5c4o3)cn2n1. The summed E-state index contributed by atoms with van der Waals surface area (Å²) in [4.78, 5) is 4.61. The molecule has 0 fully saturated rings. The molecule has 0 amide bonds. The Hall–Kier alpha value is -3.14. The van der Waals surface area contributed by atoms with Crippen molar-refractivity contribution in [1.82, 2.24) is 14.6 Å². The Kier molecular flexibility index (Phi) is 2.39. The molecule has 110 valence electrons. The average molecular weight is 299 g/mol. The van der Waals surface area contributed by atoms with Crippen molar-refractivity contribution >= 4 is 27.4 Å².